The standard InChI is InChI=1S/C22H28ClN3O6S/c1-6-26(7-2)21(27)13-24-22(28)16-10-15(9-8-14(16)3)33(29,30)25-18-11-17(23)19(31-4)12-20(18)32-5/h8-12,25H,6-7,13H2,1-5H3,(H,24,28). The van der Waals surface area contributed by atoms with Crippen molar-refractivity contribution < 1.29 is 27.5 Å². The second-order valence-corrected chi connectivity index (χ2v) is 9.11. The monoisotopic (exact) mass is 497 g/mol. The number of nitrogens with one attached hydrogen (secondary N) is 2. The van der Waals surface area contributed by atoms with Crippen LogP contribution in [0.4, 0.5) is 5.69 Å². The maximum absolute atomic E-state index is 13.0. The zero-order valence-electron chi connectivity index (χ0n) is 19.2. The highest BCUT2D eigenvalue weighted by molar-refractivity contribution is 7.92. The molecule has 0 heterocycles. The van der Waals surface area contributed by atoms with E-state index < -0.39 is 15.9 Å². The van der Waals surface area contributed by atoms with Crippen molar-refractivity contribution >= 4 is 39.1 Å². The van der Waals surface area contributed by atoms with Crippen molar-refractivity contribution in [3.63, 3.8) is 0 Å². The molecule has 0 spiro atoms. The molecule has 0 saturated heterocycles. The van der Waals surface area contributed by atoms with E-state index in [0.717, 1.165) is 0 Å². The molecule has 2 rings (SSSR count). The molecule has 0 aromatic heterocycles. The van der Waals surface area contributed by atoms with E-state index in [9.17, 15) is 18.0 Å². The molecule has 0 radical (unpaired) electrons. The van der Waals surface area contributed by atoms with Gasteiger partial charge in [-0.1, -0.05) is 17.7 Å². The summed E-state index contributed by atoms with van der Waals surface area (Å²) in [6, 6.07) is 6.99. The second-order valence-electron chi connectivity index (χ2n) is 7.02. The van der Waals surface area contributed by atoms with Crippen LogP contribution in [-0.4, -0.2) is 59.0 Å². The lowest BCUT2D eigenvalue weighted by molar-refractivity contribution is -0.129. The van der Waals surface area contributed by atoms with Crippen LogP contribution in [0.5, 0.6) is 11.5 Å². The molecule has 180 valence electrons. The van der Waals surface area contributed by atoms with E-state index in [1.807, 2.05) is 13.8 Å². The quantitative estimate of drug-likeness (QED) is 0.521. The van der Waals surface area contributed by atoms with E-state index in [1.165, 1.54) is 44.6 Å². The lowest BCUT2D eigenvalue weighted by Crippen LogP contribution is -2.40. The van der Waals surface area contributed by atoms with Gasteiger partial charge in [-0.2, -0.15) is 0 Å². The first-order valence-electron chi connectivity index (χ1n) is 10.2. The van der Waals surface area contributed by atoms with Crippen LogP contribution in [0.3, 0.4) is 0 Å². The highest BCUT2D eigenvalue weighted by Crippen LogP contribution is 2.37. The number of ether oxygens (including phenoxy) is 2. The number of aryl methyl sites for hydroxylation is 1. The van der Waals surface area contributed by atoms with Gasteiger partial charge in [-0.05, 0) is 44.5 Å². The normalized spacial score (nSPS) is 11.0. The minimum absolute atomic E-state index is 0.111. The van der Waals surface area contributed by atoms with Crippen molar-refractivity contribution in [2.24, 2.45) is 0 Å². The van der Waals surface area contributed by atoms with Gasteiger partial charge in [0.05, 0.1) is 36.4 Å². The van der Waals surface area contributed by atoms with Crippen LogP contribution in [0.2, 0.25) is 5.02 Å². The Morgan fingerprint density at radius 3 is 2.24 bits per heavy atom. The number of sulfonamides is 1. The van der Waals surface area contributed by atoms with Gasteiger partial charge in [-0.15, -0.1) is 0 Å². The number of methoxy groups -OCH3 is 2. The molecular weight excluding hydrogens is 470 g/mol. The molecule has 2 aromatic carbocycles. The van der Waals surface area contributed by atoms with Gasteiger partial charge in [0, 0.05) is 24.7 Å². The molecule has 0 aliphatic rings. The Hall–Kier alpha value is -2.98. The van der Waals surface area contributed by atoms with Gasteiger partial charge in [0.15, 0.2) is 0 Å². The molecule has 9 nitrogen and oxygen atoms in total. The molecule has 0 unspecified atom stereocenters. The van der Waals surface area contributed by atoms with Crippen LogP contribution in [0, 0.1) is 6.92 Å². The molecule has 0 aliphatic heterocycles. The molecular formula is C22H28ClN3O6S. The summed E-state index contributed by atoms with van der Waals surface area (Å²) in [6.45, 7) is 6.25. The summed E-state index contributed by atoms with van der Waals surface area (Å²) in [5.74, 6) is -0.236. The van der Waals surface area contributed by atoms with Crippen LogP contribution in [0.25, 0.3) is 0 Å². The summed E-state index contributed by atoms with van der Waals surface area (Å²) < 4.78 is 38.8. The van der Waals surface area contributed by atoms with Crippen molar-refractivity contribution in [2.75, 3.05) is 38.6 Å². The maximum atomic E-state index is 13.0. The van der Waals surface area contributed by atoms with Gasteiger partial charge >= 0.3 is 0 Å². The highest BCUT2D eigenvalue weighted by Gasteiger charge is 2.21. The molecule has 11 heteroatoms. The fourth-order valence-corrected chi connectivity index (χ4v) is 4.42. The molecule has 2 amide bonds. The van der Waals surface area contributed by atoms with Gasteiger partial charge < -0.3 is 19.7 Å². The fraction of sp³-hybridized carbons (Fsp3) is 0.364. The Balaban J connectivity index is 2.29. The summed E-state index contributed by atoms with van der Waals surface area (Å²) in [4.78, 5) is 26.3. The molecule has 2 aromatic rings. The Morgan fingerprint density at radius 2 is 1.67 bits per heavy atom. The van der Waals surface area contributed by atoms with Gasteiger partial charge in [0.25, 0.3) is 15.9 Å². The van der Waals surface area contributed by atoms with E-state index in [1.54, 1.807) is 11.8 Å². The zero-order chi connectivity index (χ0) is 24.8. The number of halogens is 1. The predicted octanol–water partition coefficient (Wildman–Crippen LogP) is 3.06. The van der Waals surface area contributed by atoms with Crippen LogP contribution in [0.1, 0.15) is 29.8 Å². The Kier molecular flexibility index (Phi) is 8.95. The number of anilines is 1. The van der Waals surface area contributed by atoms with Crippen LogP contribution >= 0.6 is 11.6 Å². The Labute approximate surface area is 199 Å². The van der Waals surface area contributed by atoms with E-state index >= 15 is 0 Å². The van der Waals surface area contributed by atoms with E-state index in [2.05, 4.69) is 10.0 Å². The van der Waals surface area contributed by atoms with E-state index in [4.69, 9.17) is 21.1 Å². The number of nitrogens with zero attached hydrogens (tertiary/aromatic N) is 1. The van der Waals surface area contributed by atoms with Gasteiger partial charge in [-0.3, -0.25) is 14.3 Å². The second kappa shape index (κ2) is 11.2. The van der Waals surface area contributed by atoms with Gasteiger partial charge in [-0.25, -0.2) is 8.42 Å². The van der Waals surface area contributed by atoms with E-state index in [0.29, 0.717) is 24.4 Å². The number of rotatable bonds is 10. The van der Waals surface area contributed by atoms with Crippen molar-refractivity contribution in [1.82, 2.24) is 10.2 Å². The summed E-state index contributed by atoms with van der Waals surface area (Å²) in [5, 5.41) is 2.75. The first-order chi connectivity index (χ1) is 15.6. The highest BCUT2D eigenvalue weighted by atomic mass is 35.5. The minimum Gasteiger partial charge on any atom is -0.495 e. The number of likely N-dealkylation sites (N-methyl/N-ethyl adjacent to an activating group) is 1. The summed E-state index contributed by atoms with van der Waals surface area (Å²) in [7, 11) is -1.28. The largest absolute Gasteiger partial charge is 0.495 e. The third-order valence-electron chi connectivity index (χ3n) is 5.00. The molecule has 0 fully saturated rings. The summed E-state index contributed by atoms with van der Waals surface area (Å²) in [5.41, 5.74) is 0.816. The minimum atomic E-state index is -4.09. The van der Waals surface area contributed by atoms with Crippen molar-refractivity contribution in [3.8, 4) is 11.5 Å². The Morgan fingerprint density at radius 1 is 1.03 bits per heavy atom. The van der Waals surface area contributed by atoms with Crippen molar-refractivity contribution in [2.45, 2.75) is 25.7 Å². The third-order valence-corrected chi connectivity index (χ3v) is 6.66. The number of amides is 2. The van der Waals surface area contributed by atoms with Crippen LogP contribution in [-0.2, 0) is 14.8 Å². The number of carbonyl (C=O) groups is 2. The number of benzene rings is 2. The Bertz CT molecular complexity index is 1130. The zero-order valence-corrected chi connectivity index (χ0v) is 20.8. The number of hydrogen-bond acceptors (Lipinski definition) is 6. The molecule has 0 bridgehead atoms. The van der Waals surface area contributed by atoms with Crippen LogP contribution < -0.4 is 19.5 Å². The summed E-state index contributed by atoms with van der Waals surface area (Å²) >= 11 is 6.13. The topological polar surface area (TPSA) is 114 Å². The SMILES string of the molecule is CCN(CC)C(=O)CNC(=O)c1cc(S(=O)(=O)Nc2cc(Cl)c(OC)cc2OC)ccc1C. The first kappa shape index (κ1) is 26.3. The fourth-order valence-electron chi connectivity index (χ4n) is 3.10. The molecule has 0 aliphatic carbocycles. The molecule has 33 heavy (non-hydrogen) atoms. The van der Waals surface area contributed by atoms with Gasteiger partial charge in [0.1, 0.15) is 11.5 Å². The lowest BCUT2D eigenvalue weighted by Gasteiger charge is -2.19. The molecule has 0 saturated carbocycles. The lowest BCUT2D eigenvalue weighted by atomic mass is 10.1. The molecule has 0 atom stereocenters. The van der Waals surface area contributed by atoms with E-state index in [-0.39, 0.29) is 39.4 Å². The number of hydrogen-bond donors (Lipinski definition) is 2. The maximum Gasteiger partial charge on any atom is 0.262 e. The van der Waals surface area contributed by atoms with Crippen molar-refractivity contribution in [1.29, 1.82) is 0 Å². The number of carbonyl (C=O) groups excluding carboxylic acids is 2. The first-order valence-corrected chi connectivity index (χ1v) is 12.0. The predicted molar refractivity (Wildman–Crippen MR) is 127 cm³/mol. The summed E-state index contributed by atoms with van der Waals surface area (Å²) in [6.07, 6.45) is 0. The van der Waals surface area contributed by atoms with Gasteiger partial charge in [0.2, 0.25) is 5.91 Å². The third kappa shape index (κ3) is 6.29. The molecule has 2 N–H and O–H groups in total. The van der Waals surface area contributed by atoms with Crippen LogP contribution in [0.15, 0.2) is 35.2 Å². The smallest absolute Gasteiger partial charge is 0.262 e. The average molecular weight is 498 g/mol. The van der Waals surface area contributed by atoms with Crippen molar-refractivity contribution in [3.05, 3.63) is 46.5 Å². The average Bonchev–Trinajstić information content (AvgIpc) is 2.78.